The molecule has 1 fully saturated rings. The normalized spacial score (nSPS) is 15.3. The summed E-state index contributed by atoms with van der Waals surface area (Å²) in [5.74, 6) is -0.260. The van der Waals surface area contributed by atoms with Gasteiger partial charge in [0.2, 0.25) is 0 Å². The maximum absolute atomic E-state index is 13.6. The van der Waals surface area contributed by atoms with Gasteiger partial charge in [-0.15, -0.1) is 0 Å². The van der Waals surface area contributed by atoms with Gasteiger partial charge in [0.1, 0.15) is 5.82 Å². The highest BCUT2D eigenvalue weighted by Crippen LogP contribution is 2.35. The van der Waals surface area contributed by atoms with Crippen molar-refractivity contribution in [1.82, 2.24) is 9.78 Å². The van der Waals surface area contributed by atoms with Crippen molar-refractivity contribution in [3.63, 3.8) is 0 Å². The first-order chi connectivity index (χ1) is 7.74. The van der Waals surface area contributed by atoms with Crippen molar-refractivity contribution in [3.05, 3.63) is 36.4 Å². The van der Waals surface area contributed by atoms with Crippen LogP contribution in [0.15, 0.2) is 30.6 Å². The minimum absolute atomic E-state index is 0.260. The summed E-state index contributed by atoms with van der Waals surface area (Å²) in [6.45, 7) is 0. The van der Waals surface area contributed by atoms with E-state index in [4.69, 9.17) is 5.73 Å². The van der Waals surface area contributed by atoms with E-state index >= 15 is 0 Å². The van der Waals surface area contributed by atoms with E-state index in [1.165, 1.54) is 18.9 Å². The van der Waals surface area contributed by atoms with E-state index in [0.717, 1.165) is 5.56 Å². The van der Waals surface area contributed by atoms with E-state index in [9.17, 15) is 4.39 Å². The van der Waals surface area contributed by atoms with Crippen LogP contribution in [-0.2, 0) is 0 Å². The summed E-state index contributed by atoms with van der Waals surface area (Å²) < 4.78 is 15.5. The number of nitrogens with zero attached hydrogens (tertiary/aromatic N) is 2. The summed E-state index contributed by atoms with van der Waals surface area (Å²) in [6.07, 6.45) is 5.91. The van der Waals surface area contributed by atoms with E-state index in [0.29, 0.717) is 17.3 Å². The Morgan fingerprint density at radius 3 is 2.94 bits per heavy atom. The number of hydrogen-bond donors (Lipinski definition) is 1. The summed E-state index contributed by atoms with van der Waals surface area (Å²) >= 11 is 0. The summed E-state index contributed by atoms with van der Waals surface area (Å²) in [5, 5.41) is 4.23. The zero-order valence-corrected chi connectivity index (χ0v) is 8.73. The third kappa shape index (κ3) is 1.56. The molecule has 4 heteroatoms. The van der Waals surface area contributed by atoms with Crippen molar-refractivity contribution >= 4 is 5.69 Å². The lowest BCUT2D eigenvalue weighted by molar-refractivity contribution is 0.631. The molecule has 2 N–H and O–H groups in total. The Balaban J connectivity index is 2.03. The molecule has 1 heterocycles. The van der Waals surface area contributed by atoms with Crippen LogP contribution in [0.2, 0.25) is 0 Å². The summed E-state index contributed by atoms with van der Waals surface area (Å²) in [7, 11) is 0. The fraction of sp³-hybridized carbons (Fsp3) is 0.250. The van der Waals surface area contributed by atoms with E-state index in [2.05, 4.69) is 5.10 Å². The van der Waals surface area contributed by atoms with Gasteiger partial charge in [-0.25, -0.2) is 4.39 Å². The average molecular weight is 217 g/mol. The van der Waals surface area contributed by atoms with Crippen LogP contribution in [0.25, 0.3) is 11.1 Å². The predicted molar refractivity (Wildman–Crippen MR) is 60.3 cm³/mol. The molecular weight excluding hydrogens is 205 g/mol. The number of benzene rings is 1. The first kappa shape index (κ1) is 9.39. The van der Waals surface area contributed by atoms with Gasteiger partial charge in [0.05, 0.1) is 12.2 Å². The second kappa shape index (κ2) is 3.33. The van der Waals surface area contributed by atoms with E-state index in [1.54, 1.807) is 18.3 Å². The zero-order chi connectivity index (χ0) is 11.1. The first-order valence-corrected chi connectivity index (χ1v) is 5.33. The number of hydrogen-bond acceptors (Lipinski definition) is 2. The topological polar surface area (TPSA) is 43.8 Å². The molecule has 0 atom stereocenters. The van der Waals surface area contributed by atoms with Crippen LogP contribution in [0.4, 0.5) is 10.1 Å². The maximum atomic E-state index is 13.6. The summed E-state index contributed by atoms with van der Waals surface area (Å²) in [4.78, 5) is 0. The number of aromatic nitrogens is 2. The quantitative estimate of drug-likeness (QED) is 0.786. The molecule has 16 heavy (non-hydrogen) atoms. The van der Waals surface area contributed by atoms with E-state index in [1.807, 2.05) is 10.9 Å². The van der Waals surface area contributed by atoms with E-state index in [-0.39, 0.29) is 5.82 Å². The molecule has 0 aliphatic heterocycles. The first-order valence-electron chi connectivity index (χ1n) is 5.33. The molecule has 1 aliphatic rings. The van der Waals surface area contributed by atoms with Crippen LogP contribution in [-0.4, -0.2) is 9.78 Å². The van der Waals surface area contributed by atoms with Crippen molar-refractivity contribution in [2.45, 2.75) is 18.9 Å². The van der Waals surface area contributed by atoms with Crippen LogP contribution in [0.1, 0.15) is 18.9 Å². The number of rotatable bonds is 2. The Kier molecular flexibility index (Phi) is 1.96. The Hall–Kier alpha value is -1.84. The molecule has 1 aromatic carbocycles. The fourth-order valence-electron chi connectivity index (χ4n) is 1.78. The molecule has 1 saturated carbocycles. The van der Waals surface area contributed by atoms with Gasteiger partial charge in [0.25, 0.3) is 0 Å². The number of anilines is 1. The molecule has 1 aromatic heterocycles. The molecule has 82 valence electrons. The Morgan fingerprint density at radius 2 is 2.19 bits per heavy atom. The van der Waals surface area contributed by atoms with Gasteiger partial charge in [-0.2, -0.15) is 5.10 Å². The standard InChI is InChI=1S/C12H12FN3/c13-12-4-1-9(14)5-11(12)8-6-15-16(7-8)10-2-3-10/h1,4-7,10H,2-3,14H2. The SMILES string of the molecule is Nc1ccc(F)c(-c2cnn(C3CC3)c2)c1. The van der Waals surface area contributed by atoms with Crippen LogP contribution < -0.4 is 5.73 Å². The second-order valence-electron chi connectivity index (χ2n) is 4.18. The Labute approximate surface area is 92.7 Å². The maximum Gasteiger partial charge on any atom is 0.131 e. The fourth-order valence-corrected chi connectivity index (χ4v) is 1.78. The van der Waals surface area contributed by atoms with Gasteiger partial charge in [-0.1, -0.05) is 0 Å². The minimum Gasteiger partial charge on any atom is -0.399 e. The highest BCUT2D eigenvalue weighted by molar-refractivity contribution is 5.66. The number of nitrogens with two attached hydrogens (primary N) is 1. The van der Waals surface area contributed by atoms with Crippen molar-refractivity contribution < 1.29 is 4.39 Å². The number of nitrogen functional groups attached to an aromatic ring is 1. The average Bonchev–Trinajstić information content (AvgIpc) is 3.01. The Bertz CT molecular complexity index is 529. The van der Waals surface area contributed by atoms with Crippen LogP contribution >= 0.6 is 0 Å². The van der Waals surface area contributed by atoms with Crippen molar-refractivity contribution in [2.75, 3.05) is 5.73 Å². The van der Waals surface area contributed by atoms with Crippen LogP contribution in [0, 0.1) is 5.82 Å². The van der Waals surface area contributed by atoms with E-state index < -0.39 is 0 Å². The van der Waals surface area contributed by atoms with Crippen LogP contribution in [0.5, 0.6) is 0 Å². The highest BCUT2D eigenvalue weighted by Gasteiger charge is 2.24. The molecule has 0 spiro atoms. The molecule has 3 nitrogen and oxygen atoms in total. The van der Waals surface area contributed by atoms with Gasteiger partial charge in [0.15, 0.2) is 0 Å². The molecule has 0 saturated heterocycles. The molecule has 2 aromatic rings. The van der Waals surface area contributed by atoms with Gasteiger partial charge >= 0.3 is 0 Å². The van der Waals surface area contributed by atoms with Crippen molar-refractivity contribution in [2.24, 2.45) is 0 Å². The molecule has 0 amide bonds. The third-order valence-corrected chi connectivity index (χ3v) is 2.82. The monoisotopic (exact) mass is 217 g/mol. The smallest absolute Gasteiger partial charge is 0.131 e. The van der Waals surface area contributed by atoms with Crippen LogP contribution in [0.3, 0.4) is 0 Å². The molecular formula is C12H12FN3. The van der Waals surface area contributed by atoms with Gasteiger partial charge in [-0.3, -0.25) is 4.68 Å². The largest absolute Gasteiger partial charge is 0.399 e. The molecule has 0 radical (unpaired) electrons. The third-order valence-electron chi connectivity index (χ3n) is 2.82. The van der Waals surface area contributed by atoms with Gasteiger partial charge in [0, 0.05) is 23.0 Å². The number of halogens is 1. The van der Waals surface area contributed by atoms with Gasteiger partial charge < -0.3 is 5.73 Å². The lowest BCUT2D eigenvalue weighted by atomic mass is 10.1. The second-order valence-corrected chi connectivity index (χ2v) is 4.18. The van der Waals surface area contributed by atoms with Gasteiger partial charge in [-0.05, 0) is 31.0 Å². The molecule has 0 unspecified atom stereocenters. The lowest BCUT2D eigenvalue weighted by Gasteiger charge is -2.01. The predicted octanol–water partition coefficient (Wildman–Crippen LogP) is 2.61. The molecule has 3 rings (SSSR count). The highest BCUT2D eigenvalue weighted by atomic mass is 19.1. The van der Waals surface area contributed by atoms with Crippen molar-refractivity contribution in [1.29, 1.82) is 0 Å². The zero-order valence-electron chi connectivity index (χ0n) is 8.73. The summed E-state index contributed by atoms with van der Waals surface area (Å²) in [5.41, 5.74) is 7.52. The molecule has 0 bridgehead atoms. The molecule has 1 aliphatic carbocycles. The minimum atomic E-state index is -0.260. The Morgan fingerprint density at radius 1 is 1.38 bits per heavy atom. The summed E-state index contributed by atoms with van der Waals surface area (Å²) in [6, 6.07) is 5.10. The van der Waals surface area contributed by atoms with Crippen molar-refractivity contribution in [3.8, 4) is 11.1 Å². The lowest BCUT2D eigenvalue weighted by Crippen LogP contribution is -1.92.